The molecule has 2 rings (SSSR count). The van der Waals surface area contributed by atoms with E-state index in [1.165, 1.54) is 11.3 Å². The predicted octanol–water partition coefficient (Wildman–Crippen LogP) is 1.26. The number of hydrogen-bond acceptors (Lipinski definition) is 4. The summed E-state index contributed by atoms with van der Waals surface area (Å²) < 4.78 is 5.27. The van der Waals surface area contributed by atoms with Gasteiger partial charge in [-0.05, 0) is 25.0 Å². The van der Waals surface area contributed by atoms with Gasteiger partial charge in [0.05, 0.1) is 15.9 Å². The van der Waals surface area contributed by atoms with Gasteiger partial charge >= 0.3 is 0 Å². The largest absolute Gasteiger partial charge is 0.384 e. The molecule has 1 fully saturated rings. The van der Waals surface area contributed by atoms with Crippen molar-refractivity contribution < 1.29 is 14.6 Å². The number of likely N-dealkylation sites (tertiary alicyclic amines) is 1. The van der Waals surface area contributed by atoms with Gasteiger partial charge in [0, 0.05) is 20.2 Å². The second kappa shape index (κ2) is 6.20. The topological polar surface area (TPSA) is 49.8 Å². The summed E-state index contributed by atoms with van der Waals surface area (Å²) in [5, 5.41) is 8.71. The maximum Gasteiger partial charge on any atom is 0.264 e. The fourth-order valence-electron chi connectivity index (χ4n) is 2.09. The lowest BCUT2D eigenvalue weighted by molar-refractivity contribution is 0.0728. The summed E-state index contributed by atoms with van der Waals surface area (Å²) in [6, 6.07) is 1.87. The van der Waals surface area contributed by atoms with Crippen LogP contribution in [-0.2, 0) is 4.74 Å². The number of rotatable bonds is 2. The van der Waals surface area contributed by atoms with Crippen LogP contribution in [0.3, 0.4) is 0 Å². The molecule has 1 aromatic heterocycles. The van der Waals surface area contributed by atoms with E-state index in [9.17, 15) is 4.79 Å². The minimum absolute atomic E-state index is 0.0460. The van der Waals surface area contributed by atoms with E-state index in [4.69, 9.17) is 9.84 Å². The first-order valence-electron chi connectivity index (χ1n) is 6.18. The third kappa shape index (κ3) is 3.16. The van der Waals surface area contributed by atoms with Gasteiger partial charge in [-0.2, -0.15) is 0 Å². The predicted molar refractivity (Wildman–Crippen MR) is 74.3 cm³/mol. The van der Waals surface area contributed by atoms with Gasteiger partial charge in [-0.1, -0.05) is 11.8 Å². The SMILES string of the molecule is COC1CCN(C(=O)c2cc(C)c(C#CCO)s2)C1. The van der Waals surface area contributed by atoms with E-state index in [1.54, 1.807) is 7.11 Å². The fraction of sp³-hybridized carbons (Fsp3) is 0.500. The molecule has 1 saturated heterocycles. The van der Waals surface area contributed by atoms with Crippen molar-refractivity contribution in [2.24, 2.45) is 0 Å². The highest BCUT2D eigenvalue weighted by molar-refractivity contribution is 7.14. The molecule has 1 aliphatic rings. The molecule has 1 unspecified atom stereocenters. The van der Waals surface area contributed by atoms with Crippen LogP contribution in [0.15, 0.2) is 6.07 Å². The van der Waals surface area contributed by atoms with Crippen LogP contribution >= 0.6 is 11.3 Å². The standard InChI is InChI=1S/C14H17NO3S/c1-10-8-13(19-12(10)4-3-7-16)14(17)15-6-5-11(9-15)18-2/h8,11,16H,5-7,9H2,1-2H3. The van der Waals surface area contributed by atoms with Gasteiger partial charge in [-0.3, -0.25) is 4.79 Å². The summed E-state index contributed by atoms with van der Waals surface area (Å²) in [4.78, 5) is 15.7. The molecule has 19 heavy (non-hydrogen) atoms. The lowest BCUT2D eigenvalue weighted by atomic mass is 10.2. The molecule has 0 spiro atoms. The zero-order valence-corrected chi connectivity index (χ0v) is 11.9. The first kappa shape index (κ1) is 14.1. The Bertz CT molecular complexity index is 527. The zero-order chi connectivity index (χ0) is 13.8. The minimum Gasteiger partial charge on any atom is -0.384 e. The maximum absolute atomic E-state index is 12.3. The van der Waals surface area contributed by atoms with Crippen LogP contribution in [0.1, 0.15) is 26.5 Å². The highest BCUT2D eigenvalue weighted by Crippen LogP contribution is 2.24. The molecule has 2 heterocycles. The van der Waals surface area contributed by atoms with Crippen molar-refractivity contribution >= 4 is 17.2 Å². The lowest BCUT2D eigenvalue weighted by Crippen LogP contribution is -2.29. The van der Waals surface area contributed by atoms with E-state index in [-0.39, 0.29) is 18.6 Å². The molecular weight excluding hydrogens is 262 g/mol. The highest BCUT2D eigenvalue weighted by Gasteiger charge is 2.27. The Balaban J connectivity index is 2.12. The summed E-state index contributed by atoms with van der Waals surface area (Å²) >= 11 is 1.39. The van der Waals surface area contributed by atoms with Crippen LogP contribution in [0.25, 0.3) is 0 Å². The number of aryl methyl sites for hydroxylation is 1. The third-order valence-corrected chi connectivity index (χ3v) is 4.32. The third-order valence-electron chi connectivity index (χ3n) is 3.18. The second-order valence-electron chi connectivity index (χ2n) is 4.48. The molecule has 1 N–H and O–H groups in total. The smallest absolute Gasteiger partial charge is 0.264 e. The number of amides is 1. The van der Waals surface area contributed by atoms with Crippen LogP contribution in [0, 0.1) is 18.8 Å². The Kier molecular flexibility index (Phi) is 4.59. The first-order chi connectivity index (χ1) is 9.15. The molecule has 102 valence electrons. The molecule has 5 heteroatoms. The molecule has 0 bridgehead atoms. The van der Waals surface area contributed by atoms with Crippen LogP contribution in [0.5, 0.6) is 0 Å². The number of aliphatic hydroxyl groups is 1. The number of ether oxygens (including phenoxy) is 1. The Morgan fingerprint density at radius 3 is 3.11 bits per heavy atom. The molecule has 1 aromatic rings. The van der Waals surface area contributed by atoms with E-state index in [0.29, 0.717) is 11.4 Å². The number of methoxy groups -OCH3 is 1. The van der Waals surface area contributed by atoms with Crippen molar-refractivity contribution in [2.75, 3.05) is 26.8 Å². The monoisotopic (exact) mass is 279 g/mol. The van der Waals surface area contributed by atoms with Gasteiger partial charge in [0.1, 0.15) is 6.61 Å². The molecule has 1 amide bonds. The normalized spacial score (nSPS) is 18.3. The van der Waals surface area contributed by atoms with Crippen LogP contribution < -0.4 is 0 Å². The van der Waals surface area contributed by atoms with Gasteiger partial charge in [-0.25, -0.2) is 0 Å². The Morgan fingerprint density at radius 2 is 2.47 bits per heavy atom. The van der Waals surface area contributed by atoms with Gasteiger partial charge in [0.25, 0.3) is 5.91 Å². The zero-order valence-electron chi connectivity index (χ0n) is 11.1. The average Bonchev–Trinajstić information content (AvgIpc) is 3.02. The van der Waals surface area contributed by atoms with Crippen molar-refractivity contribution in [1.29, 1.82) is 0 Å². The summed E-state index contributed by atoms with van der Waals surface area (Å²) in [5.41, 5.74) is 0.983. The summed E-state index contributed by atoms with van der Waals surface area (Å²) in [6.45, 7) is 3.16. The van der Waals surface area contributed by atoms with E-state index in [2.05, 4.69) is 11.8 Å². The molecule has 0 aliphatic carbocycles. The molecule has 0 radical (unpaired) electrons. The van der Waals surface area contributed by atoms with Gasteiger partial charge in [0.15, 0.2) is 0 Å². The van der Waals surface area contributed by atoms with Crippen molar-refractivity contribution in [3.8, 4) is 11.8 Å². The van der Waals surface area contributed by atoms with Crippen molar-refractivity contribution in [3.63, 3.8) is 0 Å². The van der Waals surface area contributed by atoms with Gasteiger partial charge in [-0.15, -0.1) is 11.3 Å². The quantitative estimate of drug-likeness (QED) is 0.829. The number of hydrogen-bond donors (Lipinski definition) is 1. The average molecular weight is 279 g/mol. The number of thiophene rings is 1. The van der Waals surface area contributed by atoms with Crippen LogP contribution in [-0.4, -0.2) is 48.8 Å². The number of nitrogens with zero attached hydrogens (tertiary/aromatic N) is 1. The molecule has 0 aromatic carbocycles. The Morgan fingerprint density at radius 1 is 1.68 bits per heavy atom. The Labute approximate surface area is 117 Å². The van der Waals surface area contributed by atoms with E-state index >= 15 is 0 Å². The molecule has 0 saturated carbocycles. The van der Waals surface area contributed by atoms with E-state index in [1.807, 2.05) is 17.9 Å². The fourth-order valence-corrected chi connectivity index (χ4v) is 3.11. The molecule has 4 nitrogen and oxygen atoms in total. The van der Waals surface area contributed by atoms with Crippen LogP contribution in [0.4, 0.5) is 0 Å². The minimum atomic E-state index is -0.164. The highest BCUT2D eigenvalue weighted by atomic mass is 32.1. The molecule has 1 aliphatic heterocycles. The summed E-state index contributed by atoms with van der Waals surface area (Å²) in [5.74, 6) is 5.53. The number of aliphatic hydroxyl groups excluding tert-OH is 1. The summed E-state index contributed by atoms with van der Waals surface area (Å²) in [7, 11) is 1.68. The Hall–Kier alpha value is -1.35. The first-order valence-corrected chi connectivity index (χ1v) is 6.99. The summed E-state index contributed by atoms with van der Waals surface area (Å²) in [6.07, 6.45) is 1.04. The lowest BCUT2D eigenvalue weighted by Gasteiger charge is -2.14. The molecule has 1 atom stereocenters. The molecular formula is C14H17NO3S. The van der Waals surface area contributed by atoms with E-state index in [0.717, 1.165) is 23.4 Å². The second-order valence-corrected chi connectivity index (χ2v) is 5.53. The van der Waals surface area contributed by atoms with Gasteiger partial charge < -0.3 is 14.7 Å². The van der Waals surface area contributed by atoms with Crippen molar-refractivity contribution in [1.82, 2.24) is 4.90 Å². The van der Waals surface area contributed by atoms with Crippen molar-refractivity contribution in [2.45, 2.75) is 19.4 Å². The maximum atomic E-state index is 12.3. The van der Waals surface area contributed by atoms with Crippen LogP contribution in [0.2, 0.25) is 0 Å². The van der Waals surface area contributed by atoms with Gasteiger partial charge in [0.2, 0.25) is 0 Å². The number of carbonyl (C=O) groups excluding carboxylic acids is 1. The van der Waals surface area contributed by atoms with E-state index < -0.39 is 0 Å². The number of carbonyl (C=O) groups is 1. The van der Waals surface area contributed by atoms with Crippen molar-refractivity contribution in [3.05, 3.63) is 21.4 Å².